The zero-order valence-corrected chi connectivity index (χ0v) is 28.8. The molecule has 0 aliphatic carbocycles. The average Bonchev–Trinajstić information content (AvgIpc) is 3.61. The molecule has 3 heterocycles. The Balaban J connectivity index is 0.000000572. The van der Waals surface area contributed by atoms with Crippen molar-refractivity contribution in [2.75, 3.05) is 32.1 Å². The van der Waals surface area contributed by atoms with Crippen LogP contribution in [0.1, 0.15) is 23.2 Å². The number of aliphatic hydroxyl groups is 1. The first-order valence-electron chi connectivity index (χ1n) is 14.0. The lowest BCUT2D eigenvalue weighted by Crippen LogP contribution is -2.58. The maximum atomic E-state index is 14.8. The molecule has 0 spiro atoms. The Bertz CT molecular complexity index is 1860. The zero-order valence-electron chi connectivity index (χ0n) is 26.5. The van der Waals surface area contributed by atoms with Crippen LogP contribution in [0.25, 0.3) is 0 Å². The summed E-state index contributed by atoms with van der Waals surface area (Å²) in [6.07, 6.45) is -6.37. The van der Waals surface area contributed by atoms with Crippen LogP contribution >= 0.6 is 23.2 Å². The molecular weight excluding hydrogens is 722 g/mol. The number of aromatic nitrogens is 2. The third-order valence-corrected chi connectivity index (χ3v) is 10.0. The Morgan fingerprint density at radius 1 is 1.10 bits per heavy atom. The molecule has 5 rings (SSSR count). The summed E-state index contributed by atoms with van der Waals surface area (Å²) in [5.74, 6) is -4.83. The molecule has 0 bridgehead atoms. The molecule has 1 amide bonds. The molecular formula is C29H32Cl2F3N5O9S. The number of ether oxygens (including phenoxy) is 1. The van der Waals surface area contributed by atoms with Crippen molar-refractivity contribution in [2.24, 2.45) is 7.05 Å². The molecule has 0 radical (unpaired) electrons. The Labute approximate surface area is 288 Å². The highest BCUT2D eigenvalue weighted by Gasteiger charge is 2.64. The predicted molar refractivity (Wildman–Crippen MR) is 170 cm³/mol. The number of nitrogens with zero attached hydrogens (tertiary/aromatic N) is 4. The fourth-order valence-electron chi connectivity index (χ4n) is 5.63. The van der Waals surface area contributed by atoms with E-state index in [-0.39, 0.29) is 56.3 Å². The van der Waals surface area contributed by atoms with Gasteiger partial charge in [0.05, 0.1) is 24.6 Å². The number of fused-ring (bicyclic) bond motifs is 1. The Hall–Kier alpha value is -3.94. The second kappa shape index (κ2) is 14.9. The average molecular weight is 755 g/mol. The molecule has 268 valence electrons. The predicted octanol–water partition coefficient (Wildman–Crippen LogP) is 3.01. The van der Waals surface area contributed by atoms with E-state index in [1.165, 1.54) is 48.9 Å². The van der Waals surface area contributed by atoms with Gasteiger partial charge in [0.1, 0.15) is 21.8 Å². The first-order chi connectivity index (χ1) is 22.7. The van der Waals surface area contributed by atoms with Crippen LogP contribution in [0.3, 0.4) is 0 Å². The summed E-state index contributed by atoms with van der Waals surface area (Å²) in [5, 5.41) is 34.7. The van der Waals surface area contributed by atoms with Crippen molar-refractivity contribution in [3.05, 3.63) is 69.5 Å². The van der Waals surface area contributed by atoms with E-state index in [0.717, 1.165) is 0 Å². The Kier molecular flexibility index (Phi) is 12.0. The van der Waals surface area contributed by atoms with Gasteiger partial charge in [0, 0.05) is 36.2 Å². The van der Waals surface area contributed by atoms with Gasteiger partial charge in [-0.1, -0.05) is 41.4 Å². The second-order valence-corrected chi connectivity index (χ2v) is 13.2. The molecule has 1 aromatic heterocycles. The number of carbonyl (C=O) groups is 3. The number of sulfonamides is 1. The lowest BCUT2D eigenvalue weighted by Gasteiger charge is -2.40. The summed E-state index contributed by atoms with van der Waals surface area (Å²) in [6, 6.07) is 9.32. The van der Waals surface area contributed by atoms with Crippen molar-refractivity contribution in [1.82, 2.24) is 20.0 Å². The lowest BCUT2D eigenvalue weighted by atomic mass is 9.81. The SMILES string of the molecule is CNC.COc1ccccc1C1(N2C[C@H](O)C[C@H]2C(=O)O)C(=O)N(S(=O)(=O)c2c(C)nn(C)c2Cl)c2ccc(Cl)cc21.O=C(O)C(F)(F)F. The van der Waals surface area contributed by atoms with Crippen LogP contribution in [0.4, 0.5) is 18.9 Å². The van der Waals surface area contributed by atoms with E-state index in [0.29, 0.717) is 4.31 Å². The molecule has 1 fully saturated rings. The van der Waals surface area contributed by atoms with Crippen molar-refractivity contribution in [1.29, 1.82) is 0 Å². The minimum Gasteiger partial charge on any atom is -0.496 e. The topological polar surface area (TPSA) is 192 Å². The minimum absolute atomic E-state index is 0.0415. The molecule has 2 aromatic carbocycles. The van der Waals surface area contributed by atoms with Gasteiger partial charge in [-0.2, -0.15) is 18.3 Å². The fraction of sp³-hybridized carbons (Fsp3) is 0.379. The van der Waals surface area contributed by atoms with Crippen LogP contribution in [0.2, 0.25) is 10.2 Å². The molecule has 3 aromatic rings. The van der Waals surface area contributed by atoms with Crippen LogP contribution in [0.5, 0.6) is 5.75 Å². The molecule has 14 nitrogen and oxygen atoms in total. The number of aliphatic carboxylic acids is 2. The molecule has 2 aliphatic rings. The monoisotopic (exact) mass is 753 g/mol. The second-order valence-electron chi connectivity index (χ2n) is 10.7. The van der Waals surface area contributed by atoms with Gasteiger partial charge in [-0.05, 0) is 45.3 Å². The van der Waals surface area contributed by atoms with Crippen LogP contribution in [-0.2, 0) is 37.0 Å². The molecule has 3 atom stereocenters. The Morgan fingerprint density at radius 2 is 1.67 bits per heavy atom. The number of halogens is 5. The highest BCUT2D eigenvalue weighted by molar-refractivity contribution is 7.93. The number of alkyl halides is 3. The molecule has 2 aliphatic heterocycles. The van der Waals surface area contributed by atoms with Crippen molar-refractivity contribution in [3.8, 4) is 5.75 Å². The number of anilines is 1. The summed E-state index contributed by atoms with van der Waals surface area (Å²) in [5.41, 5.74) is -1.72. The van der Waals surface area contributed by atoms with Crippen molar-refractivity contribution in [3.63, 3.8) is 0 Å². The number of carboxylic acids is 2. The number of likely N-dealkylation sites (tertiary alicyclic amines) is 1. The van der Waals surface area contributed by atoms with Crippen molar-refractivity contribution < 1.29 is 56.0 Å². The van der Waals surface area contributed by atoms with E-state index < -0.39 is 51.7 Å². The van der Waals surface area contributed by atoms with Gasteiger partial charge in [0.15, 0.2) is 5.54 Å². The quantitative estimate of drug-likeness (QED) is 0.288. The summed E-state index contributed by atoms with van der Waals surface area (Å²) >= 11 is 12.7. The van der Waals surface area contributed by atoms with Crippen LogP contribution in [-0.4, -0.2) is 102 Å². The number of methoxy groups -OCH3 is 1. The van der Waals surface area contributed by atoms with E-state index in [2.05, 4.69) is 10.4 Å². The molecule has 1 unspecified atom stereocenters. The number of carboxylic acid groups (broad SMARTS) is 2. The fourth-order valence-corrected chi connectivity index (χ4v) is 7.98. The number of hydrogen-bond donors (Lipinski definition) is 4. The molecule has 49 heavy (non-hydrogen) atoms. The first-order valence-corrected chi connectivity index (χ1v) is 16.2. The molecule has 1 saturated heterocycles. The molecule has 0 saturated carbocycles. The molecule has 4 N–H and O–H groups in total. The number of benzene rings is 2. The van der Waals surface area contributed by atoms with Gasteiger partial charge in [0.25, 0.3) is 15.9 Å². The van der Waals surface area contributed by atoms with E-state index in [4.69, 9.17) is 37.8 Å². The number of carbonyl (C=O) groups excluding carboxylic acids is 1. The number of hydrogen-bond acceptors (Lipinski definition) is 10. The summed E-state index contributed by atoms with van der Waals surface area (Å²) in [7, 11) is 1.91. The van der Waals surface area contributed by atoms with Crippen LogP contribution < -0.4 is 14.4 Å². The maximum absolute atomic E-state index is 14.8. The van der Waals surface area contributed by atoms with Gasteiger partial charge in [-0.25, -0.2) is 17.5 Å². The normalized spacial score (nSPS) is 20.6. The third kappa shape index (κ3) is 7.20. The minimum atomic E-state index is -5.08. The van der Waals surface area contributed by atoms with Crippen molar-refractivity contribution >= 4 is 56.8 Å². The summed E-state index contributed by atoms with van der Waals surface area (Å²) < 4.78 is 67.6. The standard InChI is InChI=1S/C25H24Cl2N4O7S.C2HF3O2.C2H7N/c1-13-21(22(27)29(2)28-13)39(36,37)31-18-9-8-14(26)10-17(18)25(24(31)35,16-6-4-5-7-20(16)38-3)30-12-15(32)11-19(30)23(33)34;3-2(4,5)1(6)7;1-3-2/h4-10,15,19,32H,11-12H2,1-3H3,(H,33,34);(H,6,7);3H,1-2H3/t15-,19+,25?;;/m1../s1. The van der Waals surface area contributed by atoms with Gasteiger partial charge >= 0.3 is 18.1 Å². The Morgan fingerprint density at radius 3 is 2.16 bits per heavy atom. The number of para-hydroxylation sites is 1. The number of aliphatic hydroxyl groups excluding tert-OH is 1. The molecule has 20 heteroatoms. The number of aryl methyl sites for hydroxylation is 2. The number of β-amino-alcohol motifs (C(OH)–C–C–N with tert-alkyl or cyclic N) is 1. The number of amides is 1. The summed E-state index contributed by atoms with van der Waals surface area (Å²) in [4.78, 5) is 37.1. The number of nitrogens with one attached hydrogen (secondary N) is 1. The van der Waals surface area contributed by atoms with Gasteiger partial charge in [-0.3, -0.25) is 19.2 Å². The van der Waals surface area contributed by atoms with E-state index in [1.54, 1.807) is 24.3 Å². The third-order valence-electron chi connectivity index (χ3n) is 7.39. The maximum Gasteiger partial charge on any atom is 0.490 e. The lowest BCUT2D eigenvalue weighted by molar-refractivity contribution is -0.192. The first kappa shape index (κ1) is 39.5. The van der Waals surface area contributed by atoms with Gasteiger partial charge in [0.2, 0.25) is 0 Å². The number of rotatable bonds is 6. The zero-order chi connectivity index (χ0) is 37.2. The van der Waals surface area contributed by atoms with E-state index >= 15 is 0 Å². The van der Waals surface area contributed by atoms with Gasteiger partial charge < -0.3 is 25.4 Å². The van der Waals surface area contributed by atoms with Gasteiger partial charge in [-0.15, -0.1) is 0 Å². The van der Waals surface area contributed by atoms with Crippen LogP contribution in [0, 0.1) is 6.92 Å². The summed E-state index contributed by atoms with van der Waals surface area (Å²) in [6.45, 7) is 1.21. The van der Waals surface area contributed by atoms with Crippen molar-refractivity contribution in [2.45, 2.75) is 42.1 Å². The van der Waals surface area contributed by atoms with Crippen LogP contribution in [0.15, 0.2) is 47.4 Å². The largest absolute Gasteiger partial charge is 0.496 e. The highest BCUT2D eigenvalue weighted by atomic mass is 35.5. The highest BCUT2D eigenvalue weighted by Crippen LogP contribution is 2.55. The van der Waals surface area contributed by atoms with E-state index in [1.807, 2.05) is 14.1 Å². The smallest absolute Gasteiger partial charge is 0.490 e. The van der Waals surface area contributed by atoms with E-state index in [9.17, 15) is 41.4 Å².